The van der Waals surface area contributed by atoms with Crippen molar-refractivity contribution in [1.29, 1.82) is 0 Å². The molecule has 0 aliphatic heterocycles. The second kappa shape index (κ2) is 5.31. The molecule has 0 aromatic carbocycles. The molecule has 2 N–H and O–H groups in total. The van der Waals surface area contributed by atoms with E-state index >= 15 is 0 Å². The molecular formula is C12H23N3. The molecular weight excluding hydrogens is 186 g/mol. The van der Waals surface area contributed by atoms with E-state index in [0.717, 1.165) is 18.5 Å². The van der Waals surface area contributed by atoms with Crippen LogP contribution in [0.5, 0.6) is 0 Å². The lowest BCUT2D eigenvalue weighted by Crippen LogP contribution is -2.23. The van der Waals surface area contributed by atoms with Gasteiger partial charge >= 0.3 is 0 Å². The predicted octanol–water partition coefficient (Wildman–Crippen LogP) is 2.10. The van der Waals surface area contributed by atoms with Crippen molar-refractivity contribution >= 4 is 0 Å². The van der Waals surface area contributed by atoms with Crippen LogP contribution in [0.15, 0.2) is 0 Å². The van der Waals surface area contributed by atoms with Gasteiger partial charge in [-0.2, -0.15) is 5.10 Å². The van der Waals surface area contributed by atoms with Crippen LogP contribution in [0.25, 0.3) is 0 Å². The topological polar surface area (TPSA) is 43.8 Å². The normalized spacial score (nSPS) is 13.1. The average Bonchev–Trinajstić information content (AvgIpc) is 2.42. The Balaban J connectivity index is 2.63. The molecule has 1 atom stereocenters. The Hall–Kier alpha value is -0.830. The van der Waals surface area contributed by atoms with Gasteiger partial charge in [0.05, 0.1) is 5.69 Å². The molecule has 0 spiro atoms. The molecule has 3 heteroatoms. The fourth-order valence-corrected chi connectivity index (χ4v) is 1.94. The van der Waals surface area contributed by atoms with Gasteiger partial charge in [-0.05, 0) is 32.3 Å². The summed E-state index contributed by atoms with van der Waals surface area (Å²) >= 11 is 0. The summed E-state index contributed by atoms with van der Waals surface area (Å²) in [5.74, 6) is 0. The lowest BCUT2D eigenvalue weighted by molar-refractivity contribution is 0.571. The van der Waals surface area contributed by atoms with E-state index in [1.807, 2.05) is 11.7 Å². The third-order valence-corrected chi connectivity index (χ3v) is 3.05. The Labute approximate surface area is 92.7 Å². The van der Waals surface area contributed by atoms with E-state index in [1.54, 1.807) is 0 Å². The maximum Gasteiger partial charge on any atom is 0.0628 e. The van der Waals surface area contributed by atoms with Crippen molar-refractivity contribution in [2.45, 2.75) is 52.5 Å². The van der Waals surface area contributed by atoms with E-state index in [9.17, 15) is 0 Å². The second-order valence-corrected chi connectivity index (χ2v) is 4.38. The number of hydrogen-bond donors (Lipinski definition) is 1. The van der Waals surface area contributed by atoms with Crippen LogP contribution in [0, 0.1) is 13.8 Å². The SMILES string of the molecule is CCCCC(N)Cc1c(C)nn(C)c1C. The zero-order chi connectivity index (χ0) is 11.4. The van der Waals surface area contributed by atoms with E-state index in [4.69, 9.17) is 5.73 Å². The Morgan fingerprint density at radius 2 is 2.07 bits per heavy atom. The first-order valence-corrected chi connectivity index (χ1v) is 5.80. The van der Waals surface area contributed by atoms with Gasteiger partial charge in [-0.1, -0.05) is 19.8 Å². The minimum atomic E-state index is 0.284. The molecule has 0 bridgehead atoms. The predicted molar refractivity (Wildman–Crippen MR) is 63.9 cm³/mol. The van der Waals surface area contributed by atoms with Crippen LogP contribution in [0.3, 0.4) is 0 Å². The summed E-state index contributed by atoms with van der Waals surface area (Å²) in [5.41, 5.74) is 9.81. The Bertz CT molecular complexity index is 315. The number of hydrogen-bond acceptors (Lipinski definition) is 2. The average molecular weight is 209 g/mol. The molecule has 1 unspecified atom stereocenters. The Morgan fingerprint density at radius 1 is 1.40 bits per heavy atom. The summed E-state index contributed by atoms with van der Waals surface area (Å²) in [6.07, 6.45) is 4.52. The zero-order valence-corrected chi connectivity index (χ0v) is 10.4. The van der Waals surface area contributed by atoms with E-state index in [1.165, 1.54) is 24.1 Å². The summed E-state index contributed by atoms with van der Waals surface area (Å²) < 4.78 is 1.94. The molecule has 1 rings (SSSR count). The van der Waals surface area contributed by atoms with Crippen LogP contribution in [0.4, 0.5) is 0 Å². The van der Waals surface area contributed by atoms with Crippen LogP contribution < -0.4 is 5.73 Å². The fourth-order valence-electron chi connectivity index (χ4n) is 1.94. The van der Waals surface area contributed by atoms with Gasteiger partial charge in [0.1, 0.15) is 0 Å². The van der Waals surface area contributed by atoms with Gasteiger partial charge in [0, 0.05) is 18.8 Å². The molecule has 0 fully saturated rings. The lowest BCUT2D eigenvalue weighted by Gasteiger charge is -2.11. The van der Waals surface area contributed by atoms with E-state index in [0.29, 0.717) is 0 Å². The molecule has 86 valence electrons. The van der Waals surface area contributed by atoms with Gasteiger partial charge in [-0.25, -0.2) is 0 Å². The van der Waals surface area contributed by atoms with Gasteiger partial charge < -0.3 is 5.73 Å². The van der Waals surface area contributed by atoms with Crippen molar-refractivity contribution in [3.8, 4) is 0 Å². The van der Waals surface area contributed by atoms with Crippen LogP contribution in [-0.4, -0.2) is 15.8 Å². The quantitative estimate of drug-likeness (QED) is 0.807. The van der Waals surface area contributed by atoms with Gasteiger partial charge in [-0.15, -0.1) is 0 Å². The van der Waals surface area contributed by atoms with Crippen molar-refractivity contribution in [3.63, 3.8) is 0 Å². The van der Waals surface area contributed by atoms with Crippen molar-refractivity contribution < 1.29 is 0 Å². The second-order valence-electron chi connectivity index (χ2n) is 4.38. The number of aromatic nitrogens is 2. The standard InChI is InChI=1S/C12H23N3/c1-5-6-7-11(13)8-12-9(2)14-15(4)10(12)3/h11H,5-8,13H2,1-4H3. The van der Waals surface area contributed by atoms with Crippen LogP contribution in [0.1, 0.15) is 43.1 Å². The van der Waals surface area contributed by atoms with Crippen molar-refractivity contribution in [2.75, 3.05) is 0 Å². The maximum absolute atomic E-state index is 6.10. The fraction of sp³-hybridized carbons (Fsp3) is 0.750. The van der Waals surface area contributed by atoms with Gasteiger partial charge in [-0.3, -0.25) is 4.68 Å². The van der Waals surface area contributed by atoms with E-state index in [2.05, 4.69) is 25.9 Å². The minimum Gasteiger partial charge on any atom is -0.327 e. The highest BCUT2D eigenvalue weighted by Gasteiger charge is 2.12. The molecule has 0 amide bonds. The van der Waals surface area contributed by atoms with Crippen LogP contribution in [0.2, 0.25) is 0 Å². The number of nitrogens with zero attached hydrogens (tertiary/aromatic N) is 2. The molecule has 1 heterocycles. The molecule has 0 saturated carbocycles. The summed E-state index contributed by atoms with van der Waals surface area (Å²) in [7, 11) is 1.99. The summed E-state index contributed by atoms with van der Waals surface area (Å²) in [5, 5.41) is 4.41. The number of rotatable bonds is 5. The van der Waals surface area contributed by atoms with Gasteiger partial charge in [0.25, 0.3) is 0 Å². The Morgan fingerprint density at radius 3 is 2.53 bits per heavy atom. The molecule has 15 heavy (non-hydrogen) atoms. The first kappa shape index (κ1) is 12.2. The lowest BCUT2D eigenvalue weighted by atomic mass is 10.0. The van der Waals surface area contributed by atoms with E-state index < -0.39 is 0 Å². The van der Waals surface area contributed by atoms with Gasteiger partial charge in [0.15, 0.2) is 0 Å². The third kappa shape index (κ3) is 3.06. The van der Waals surface area contributed by atoms with Crippen LogP contribution >= 0.6 is 0 Å². The van der Waals surface area contributed by atoms with Crippen LogP contribution in [-0.2, 0) is 13.5 Å². The molecule has 0 aliphatic carbocycles. The number of nitrogens with two attached hydrogens (primary N) is 1. The Kier molecular flexibility index (Phi) is 4.33. The van der Waals surface area contributed by atoms with Crippen molar-refractivity contribution in [3.05, 3.63) is 17.0 Å². The summed E-state index contributed by atoms with van der Waals surface area (Å²) in [4.78, 5) is 0. The molecule has 3 nitrogen and oxygen atoms in total. The third-order valence-electron chi connectivity index (χ3n) is 3.05. The number of unbranched alkanes of at least 4 members (excludes halogenated alkanes) is 1. The highest BCUT2D eigenvalue weighted by atomic mass is 15.3. The maximum atomic E-state index is 6.10. The largest absolute Gasteiger partial charge is 0.327 e. The molecule has 0 saturated heterocycles. The highest BCUT2D eigenvalue weighted by molar-refractivity contribution is 5.25. The van der Waals surface area contributed by atoms with Gasteiger partial charge in [0.2, 0.25) is 0 Å². The molecule has 1 aromatic rings. The highest BCUT2D eigenvalue weighted by Crippen LogP contribution is 2.15. The first-order valence-electron chi connectivity index (χ1n) is 5.80. The monoisotopic (exact) mass is 209 g/mol. The molecule has 0 radical (unpaired) electrons. The van der Waals surface area contributed by atoms with Crippen molar-refractivity contribution in [1.82, 2.24) is 9.78 Å². The molecule has 1 aromatic heterocycles. The smallest absolute Gasteiger partial charge is 0.0628 e. The summed E-state index contributed by atoms with van der Waals surface area (Å²) in [6.45, 7) is 6.38. The minimum absolute atomic E-state index is 0.284. The zero-order valence-electron chi connectivity index (χ0n) is 10.4. The van der Waals surface area contributed by atoms with E-state index in [-0.39, 0.29) is 6.04 Å². The number of aryl methyl sites for hydroxylation is 2. The first-order chi connectivity index (χ1) is 7.06. The summed E-state index contributed by atoms with van der Waals surface area (Å²) in [6, 6.07) is 0.284. The molecule has 0 aliphatic rings. The van der Waals surface area contributed by atoms with Crippen molar-refractivity contribution in [2.24, 2.45) is 12.8 Å².